The van der Waals surface area contributed by atoms with Crippen LogP contribution >= 0.6 is 0 Å². The molecule has 1 aliphatic heterocycles. The van der Waals surface area contributed by atoms with Gasteiger partial charge in [-0.15, -0.1) is 0 Å². The Morgan fingerprint density at radius 3 is 2.28 bits per heavy atom. The number of aromatic nitrogens is 4. The smallest absolute Gasteiger partial charge is 0.382 e. The predicted octanol–water partition coefficient (Wildman–Crippen LogP) is 3.53. The van der Waals surface area contributed by atoms with Gasteiger partial charge in [0, 0.05) is 37.3 Å². The van der Waals surface area contributed by atoms with Gasteiger partial charge in [-0.05, 0) is 36.9 Å². The zero-order valence-electron chi connectivity index (χ0n) is 19.5. The van der Waals surface area contributed by atoms with Crippen molar-refractivity contribution in [2.45, 2.75) is 12.7 Å². The molecule has 0 bridgehead atoms. The molecule has 0 spiro atoms. The van der Waals surface area contributed by atoms with Crippen LogP contribution in [-0.4, -0.2) is 68.5 Å². The van der Waals surface area contributed by atoms with Gasteiger partial charge in [-0.3, -0.25) is 4.79 Å². The highest BCUT2D eigenvalue weighted by Gasteiger charge is 2.30. The molecule has 4 aromatic rings. The van der Waals surface area contributed by atoms with Gasteiger partial charge in [0.05, 0.1) is 18.4 Å². The van der Waals surface area contributed by atoms with Gasteiger partial charge in [-0.1, -0.05) is 24.3 Å². The molecule has 2 N–H and O–H groups in total. The minimum Gasteiger partial charge on any atom is -0.382 e. The van der Waals surface area contributed by atoms with Gasteiger partial charge in [0.2, 0.25) is 0 Å². The molecule has 2 aromatic carbocycles. The van der Waals surface area contributed by atoms with Crippen LogP contribution in [0.4, 0.5) is 19.0 Å². The van der Waals surface area contributed by atoms with Crippen molar-refractivity contribution in [3.8, 4) is 11.4 Å². The van der Waals surface area contributed by atoms with E-state index in [9.17, 15) is 18.0 Å². The third-order valence-corrected chi connectivity index (χ3v) is 6.31. The molecular formula is C25H24F3N7O. The first kappa shape index (κ1) is 23.7. The minimum absolute atomic E-state index is 0.0137. The van der Waals surface area contributed by atoms with Crippen LogP contribution in [0.5, 0.6) is 0 Å². The van der Waals surface area contributed by atoms with Crippen molar-refractivity contribution in [3.63, 3.8) is 0 Å². The monoisotopic (exact) mass is 495 g/mol. The molecule has 0 radical (unpaired) electrons. The number of hydrogen-bond acceptors (Lipinski definition) is 6. The Morgan fingerprint density at radius 2 is 1.64 bits per heavy atom. The average molecular weight is 496 g/mol. The van der Waals surface area contributed by atoms with Crippen molar-refractivity contribution in [3.05, 3.63) is 71.5 Å². The number of nitrogens with two attached hydrogens (primary N) is 1. The van der Waals surface area contributed by atoms with Crippen LogP contribution in [0, 0.1) is 0 Å². The van der Waals surface area contributed by atoms with Gasteiger partial charge >= 0.3 is 6.18 Å². The third-order valence-electron chi connectivity index (χ3n) is 6.31. The largest absolute Gasteiger partial charge is 0.416 e. The molecule has 1 aliphatic rings. The Morgan fingerprint density at radius 1 is 0.972 bits per heavy atom. The number of likely N-dealkylation sites (N-methyl/N-ethyl adjacent to an activating group) is 1. The molecule has 11 heteroatoms. The molecule has 1 saturated heterocycles. The number of benzene rings is 2. The highest BCUT2D eigenvalue weighted by atomic mass is 19.4. The second kappa shape index (κ2) is 9.23. The second-order valence-corrected chi connectivity index (χ2v) is 8.84. The lowest BCUT2D eigenvalue weighted by atomic mass is 10.1. The molecule has 1 fully saturated rings. The number of imidazole rings is 1. The topological polar surface area (TPSA) is 93.2 Å². The molecule has 2 aromatic heterocycles. The molecule has 36 heavy (non-hydrogen) atoms. The third kappa shape index (κ3) is 4.74. The molecular weight excluding hydrogens is 471 g/mol. The minimum atomic E-state index is -4.39. The summed E-state index contributed by atoms with van der Waals surface area (Å²) in [6.45, 7) is 3.34. The van der Waals surface area contributed by atoms with Gasteiger partial charge in [0.1, 0.15) is 5.52 Å². The van der Waals surface area contributed by atoms with Gasteiger partial charge in [0.25, 0.3) is 5.91 Å². The van der Waals surface area contributed by atoms with Crippen LogP contribution < -0.4 is 5.73 Å². The maximum atomic E-state index is 12.9. The molecule has 0 aliphatic carbocycles. The Kier molecular flexibility index (Phi) is 6.09. The van der Waals surface area contributed by atoms with Crippen LogP contribution in [0.15, 0.2) is 54.9 Å². The number of nitrogen functional groups attached to an aromatic ring is 1. The fourth-order valence-corrected chi connectivity index (χ4v) is 4.16. The number of rotatable bonds is 4. The molecule has 186 valence electrons. The van der Waals surface area contributed by atoms with Crippen LogP contribution in [0.3, 0.4) is 0 Å². The van der Waals surface area contributed by atoms with E-state index >= 15 is 0 Å². The predicted molar refractivity (Wildman–Crippen MR) is 129 cm³/mol. The molecule has 0 unspecified atom stereocenters. The SMILES string of the molecule is CN1CCN(C(=O)c2ccc(-c3nc(N)c4ncn(Cc5ccc(C(F)(F)F)cc5)c4n3)cc2)CC1. The van der Waals surface area contributed by atoms with Gasteiger partial charge in [0.15, 0.2) is 17.3 Å². The van der Waals surface area contributed by atoms with E-state index in [2.05, 4.69) is 19.9 Å². The summed E-state index contributed by atoms with van der Waals surface area (Å²) in [5, 5.41) is 0. The van der Waals surface area contributed by atoms with Crippen molar-refractivity contribution in [2.75, 3.05) is 39.0 Å². The zero-order chi connectivity index (χ0) is 25.4. The number of anilines is 1. The lowest BCUT2D eigenvalue weighted by Crippen LogP contribution is -2.47. The first-order valence-corrected chi connectivity index (χ1v) is 11.4. The molecule has 1 amide bonds. The fraction of sp³-hybridized carbons (Fsp3) is 0.280. The highest BCUT2D eigenvalue weighted by molar-refractivity contribution is 5.94. The number of carbonyl (C=O) groups is 1. The number of hydrogen-bond donors (Lipinski definition) is 1. The molecule has 3 heterocycles. The molecule has 0 saturated carbocycles. The van der Waals surface area contributed by atoms with E-state index < -0.39 is 11.7 Å². The van der Waals surface area contributed by atoms with Crippen molar-refractivity contribution in [2.24, 2.45) is 0 Å². The molecule has 0 atom stereocenters. The highest BCUT2D eigenvalue weighted by Crippen LogP contribution is 2.29. The first-order chi connectivity index (χ1) is 17.2. The number of carbonyl (C=O) groups excluding carboxylic acids is 1. The van der Waals surface area contributed by atoms with E-state index in [0.29, 0.717) is 46.8 Å². The summed E-state index contributed by atoms with van der Waals surface area (Å²) in [6.07, 6.45) is -2.85. The number of amides is 1. The first-order valence-electron chi connectivity index (χ1n) is 11.4. The average Bonchev–Trinajstić information content (AvgIpc) is 3.27. The van der Waals surface area contributed by atoms with E-state index in [0.717, 1.165) is 25.2 Å². The number of alkyl halides is 3. The normalized spacial score (nSPS) is 14.9. The number of halogens is 3. The van der Waals surface area contributed by atoms with Crippen molar-refractivity contribution in [1.82, 2.24) is 29.3 Å². The Bertz CT molecular complexity index is 1390. The lowest BCUT2D eigenvalue weighted by Gasteiger charge is -2.32. The van der Waals surface area contributed by atoms with E-state index in [4.69, 9.17) is 5.73 Å². The Balaban J connectivity index is 1.39. The van der Waals surface area contributed by atoms with Crippen LogP contribution in [0.1, 0.15) is 21.5 Å². The van der Waals surface area contributed by atoms with Crippen molar-refractivity contribution < 1.29 is 18.0 Å². The quantitative estimate of drug-likeness (QED) is 0.466. The molecule has 5 rings (SSSR count). The van der Waals surface area contributed by atoms with E-state index in [-0.39, 0.29) is 18.3 Å². The summed E-state index contributed by atoms with van der Waals surface area (Å²) in [6, 6.07) is 12.0. The van der Waals surface area contributed by atoms with E-state index in [1.807, 2.05) is 11.9 Å². The summed E-state index contributed by atoms with van der Waals surface area (Å²) in [5.41, 5.74) is 8.24. The summed E-state index contributed by atoms with van der Waals surface area (Å²) >= 11 is 0. The number of piperazine rings is 1. The number of fused-ring (bicyclic) bond motifs is 1. The summed E-state index contributed by atoms with van der Waals surface area (Å²) in [4.78, 5) is 30.1. The Labute approximate surface area is 205 Å². The van der Waals surface area contributed by atoms with Crippen molar-refractivity contribution >= 4 is 22.9 Å². The van der Waals surface area contributed by atoms with Gasteiger partial charge < -0.3 is 20.1 Å². The maximum absolute atomic E-state index is 12.9. The Hall–Kier alpha value is -3.99. The van der Waals surface area contributed by atoms with Crippen LogP contribution in [0.25, 0.3) is 22.6 Å². The second-order valence-electron chi connectivity index (χ2n) is 8.84. The fourth-order valence-electron chi connectivity index (χ4n) is 4.16. The zero-order valence-corrected chi connectivity index (χ0v) is 19.5. The molecule has 8 nitrogen and oxygen atoms in total. The maximum Gasteiger partial charge on any atom is 0.416 e. The summed E-state index contributed by atoms with van der Waals surface area (Å²) in [5.74, 6) is 0.548. The van der Waals surface area contributed by atoms with E-state index in [1.165, 1.54) is 18.5 Å². The van der Waals surface area contributed by atoms with Gasteiger partial charge in [-0.25, -0.2) is 15.0 Å². The summed E-state index contributed by atoms with van der Waals surface area (Å²) < 4.78 is 40.3. The lowest BCUT2D eigenvalue weighted by molar-refractivity contribution is -0.137. The number of nitrogens with zero attached hydrogens (tertiary/aromatic N) is 6. The van der Waals surface area contributed by atoms with Gasteiger partial charge in [-0.2, -0.15) is 13.2 Å². The van der Waals surface area contributed by atoms with Crippen molar-refractivity contribution in [1.29, 1.82) is 0 Å². The summed E-state index contributed by atoms with van der Waals surface area (Å²) in [7, 11) is 2.04. The van der Waals surface area contributed by atoms with E-state index in [1.54, 1.807) is 28.8 Å². The van der Waals surface area contributed by atoms with Crippen LogP contribution in [-0.2, 0) is 12.7 Å². The van der Waals surface area contributed by atoms with Crippen LogP contribution in [0.2, 0.25) is 0 Å². The standard InChI is InChI=1S/C25H24F3N7O/c1-33-10-12-34(13-11-33)24(36)18-6-4-17(5-7-18)22-31-21(29)20-23(32-22)35(15-30-20)14-16-2-8-19(9-3-16)25(26,27)28/h2-9,15H,10-14H2,1H3,(H2,29,31,32).